The number of aryl methyl sites for hydroxylation is 1. The van der Waals surface area contributed by atoms with Gasteiger partial charge in [0.25, 0.3) is 0 Å². The largest absolute Gasteiger partial charge is 0.484 e. The summed E-state index contributed by atoms with van der Waals surface area (Å²) in [5.41, 5.74) is 2.20. The lowest BCUT2D eigenvalue weighted by Crippen LogP contribution is -2.18. The number of ether oxygens (including phenoxy) is 1. The Morgan fingerprint density at radius 2 is 1.72 bits per heavy atom. The van der Waals surface area contributed by atoms with E-state index in [9.17, 15) is 8.42 Å². The normalized spacial score (nSPS) is 16.5. The minimum Gasteiger partial charge on any atom is -0.484 e. The monoisotopic (exact) mass is 409 g/mol. The third kappa shape index (κ3) is 4.32. The summed E-state index contributed by atoms with van der Waals surface area (Å²) < 4.78 is 35.6. The molecule has 0 aliphatic carbocycles. The zero-order valence-corrected chi connectivity index (χ0v) is 17.4. The highest BCUT2D eigenvalue weighted by Gasteiger charge is 2.30. The SMILES string of the molecule is C=CC.Cc1ccc(S(=O)(=O)O/N=C2/c3c(ccc4ccccc34)OC2C)cc1. The van der Waals surface area contributed by atoms with Crippen molar-refractivity contribution in [3.8, 4) is 5.75 Å². The summed E-state index contributed by atoms with van der Waals surface area (Å²) in [6.07, 6.45) is 1.35. The summed E-state index contributed by atoms with van der Waals surface area (Å²) in [6.45, 7) is 8.95. The molecule has 1 atom stereocenters. The van der Waals surface area contributed by atoms with Crippen molar-refractivity contribution in [1.82, 2.24) is 0 Å². The second-order valence-electron chi connectivity index (χ2n) is 6.65. The van der Waals surface area contributed by atoms with Crippen molar-refractivity contribution in [1.29, 1.82) is 0 Å². The molecule has 0 amide bonds. The van der Waals surface area contributed by atoms with E-state index in [4.69, 9.17) is 9.02 Å². The van der Waals surface area contributed by atoms with Crippen LogP contribution >= 0.6 is 0 Å². The van der Waals surface area contributed by atoms with E-state index in [0.717, 1.165) is 21.9 Å². The van der Waals surface area contributed by atoms with E-state index in [1.807, 2.05) is 57.2 Å². The molecule has 4 rings (SSSR count). The number of hydrogen-bond acceptors (Lipinski definition) is 5. The first-order chi connectivity index (χ1) is 13.9. The maximum atomic E-state index is 12.4. The average Bonchev–Trinajstić information content (AvgIpc) is 3.03. The topological polar surface area (TPSA) is 65.0 Å². The van der Waals surface area contributed by atoms with Gasteiger partial charge in [-0.1, -0.05) is 59.3 Å². The molecule has 0 N–H and O–H groups in total. The van der Waals surface area contributed by atoms with Gasteiger partial charge in [-0.3, -0.25) is 4.28 Å². The maximum absolute atomic E-state index is 12.4. The van der Waals surface area contributed by atoms with Gasteiger partial charge in [0.1, 0.15) is 22.5 Å². The molecule has 150 valence electrons. The van der Waals surface area contributed by atoms with E-state index in [-0.39, 0.29) is 4.90 Å². The fourth-order valence-electron chi connectivity index (χ4n) is 3.02. The standard InChI is InChI=1S/C20H17NO4S.C3H6/c1-13-7-10-16(11-8-13)26(22,23)25-21-20-14(2)24-18-12-9-15-5-3-4-6-17(15)19(18)20;1-3-2/h3-12,14H,1-2H3;3H,1H2,2H3/b21-20+;. The van der Waals surface area contributed by atoms with Gasteiger partial charge in [-0.25, -0.2) is 0 Å². The van der Waals surface area contributed by atoms with Crippen molar-refractivity contribution in [2.45, 2.75) is 31.8 Å². The molecule has 0 spiro atoms. The zero-order chi connectivity index (χ0) is 21.0. The van der Waals surface area contributed by atoms with E-state index in [0.29, 0.717) is 11.5 Å². The Kier molecular flexibility index (Phi) is 6.03. The average molecular weight is 410 g/mol. The van der Waals surface area contributed by atoms with Crippen LogP contribution in [0.15, 0.2) is 83.4 Å². The lowest BCUT2D eigenvalue weighted by molar-refractivity contribution is 0.291. The molecule has 0 bridgehead atoms. The highest BCUT2D eigenvalue weighted by atomic mass is 32.2. The first-order valence-electron chi connectivity index (χ1n) is 9.21. The number of fused-ring (bicyclic) bond motifs is 3. The molecular weight excluding hydrogens is 386 g/mol. The van der Waals surface area contributed by atoms with Gasteiger partial charge in [-0.15, -0.1) is 6.58 Å². The Morgan fingerprint density at radius 3 is 2.41 bits per heavy atom. The predicted molar refractivity (Wildman–Crippen MR) is 116 cm³/mol. The van der Waals surface area contributed by atoms with Gasteiger partial charge in [-0.2, -0.15) is 8.42 Å². The number of rotatable bonds is 3. The Hall–Kier alpha value is -3.12. The third-order valence-corrected chi connectivity index (χ3v) is 5.50. The highest BCUT2D eigenvalue weighted by Crippen LogP contribution is 2.35. The van der Waals surface area contributed by atoms with E-state index < -0.39 is 16.2 Å². The number of oxime groups is 1. The van der Waals surface area contributed by atoms with Crippen LogP contribution in [0, 0.1) is 6.92 Å². The summed E-state index contributed by atoms with van der Waals surface area (Å²) in [7, 11) is -3.99. The molecule has 1 heterocycles. The second kappa shape index (κ2) is 8.49. The fourth-order valence-corrected chi connectivity index (χ4v) is 3.75. The fraction of sp³-hybridized carbons (Fsp3) is 0.174. The van der Waals surface area contributed by atoms with Crippen LogP contribution in [-0.2, 0) is 14.4 Å². The van der Waals surface area contributed by atoms with Gasteiger partial charge in [0.05, 0.1) is 5.56 Å². The molecule has 1 unspecified atom stereocenters. The van der Waals surface area contributed by atoms with E-state index in [1.165, 1.54) is 12.1 Å². The van der Waals surface area contributed by atoms with Gasteiger partial charge in [0, 0.05) is 0 Å². The smallest absolute Gasteiger partial charge is 0.358 e. The molecule has 3 aromatic carbocycles. The Bertz CT molecular complexity index is 1170. The zero-order valence-electron chi connectivity index (χ0n) is 16.6. The van der Waals surface area contributed by atoms with Crippen LogP contribution in [0.1, 0.15) is 25.0 Å². The van der Waals surface area contributed by atoms with Crippen molar-refractivity contribution in [2.75, 3.05) is 0 Å². The van der Waals surface area contributed by atoms with Crippen molar-refractivity contribution in [2.24, 2.45) is 5.16 Å². The molecular formula is C23H23NO4S. The second-order valence-corrected chi connectivity index (χ2v) is 8.18. The van der Waals surface area contributed by atoms with Gasteiger partial charge in [-0.05, 0) is 49.7 Å². The Balaban J connectivity index is 0.000000755. The third-order valence-electron chi connectivity index (χ3n) is 4.38. The number of nitrogens with zero attached hydrogens (tertiary/aromatic N) is 1. The summed E-state index contributed by atoms with van der Waals surface area (Å²) in [5.74, 6) is 0.672. The van der Waals surface area contributed by atoms with Crippen molar-refractivity contribution >= 4 is 26.6 Å². The minimum atomic E-state index is -3.99. The van der Waals surface area contributed by atoms with E-state index in [2.05, 4.69) is 11.7 Å². The molecule has 0 aromatic heterocycles. The highest BCUT2D eigenvalue weighted by molar-refractivity contribution is 7.86. The maximum Gasteiger partial charge on any atom is 0.358 e. The van der Waals surface area contributed by atoms with Crippen LogP contribution in [0.4, 0.5) is 0 Å². The lowest BCUT2D eigenvalue weighted by atomic mass is 10.00. The Labute approximate surface area is 171 Å². The van der Waals surface area contributed by atoms with Crippen molar-refractivity contribution in [3.05, 3.63) is 84.4 Å². The molecule has 1 aliphatic rings. The number of benzene rings is 3. The summed E-state index contributed by atoms with van der Waals surface area (Å²) in [4.78, 5) is 0.0668. The van der Waals surface area contributed by atoms with Crippen LogP contribution in [0.2, 0.25) is 0 Å². The van der Waals surface area contributed by atoms with Crippen molar-refractivity contribution in [3.63, 3.8) is 0 Å². The Morgan fingerprint density at radius 1 is 1.07 bits per heavy atom. The van der Waals surface area contributed by atoms with Crippen LogP contribution in [-0.4, -0.2) is 20.2 Å². The summed E-state index contributed by atoms with van der Waals surface area (Å²) in [6, 6.07) is 18.1. The molecule has 0 saturated carbocycles. The van der Waals surface area contributed by atoms with Crippen LogP contribution in [0.3, 0.4) is 0 Å². The molecule has 5 nitrogen and oxygen atoms in total. The summed E-state index contributed by atoms with van der Waals surface area (Å²) in [5, 5.41) is 5.94. The molecule has 1 aliphatic heterocycles. The molecule has 0 radical (unpaired) electrons. The van der Waals surface area contributed by atoms with Crippen LogP contribution in [0.5, 0.6) is 5.75 Å². The van der Waals surface area contributed by atoms with Gasteiger partial charge in [0.2, 0.25) is 0 Å². The molecule has 0 fully saturated rings. The first kappa shape index (κ1) is 20.6. The van der Waals surface area contributed by atoms with Gasteiger partial charge >= 0.3 is 10.1 Å². The van der Waals surface area contributed by atoms with E-state index in [1.54, 1.807) is 18.2 Å². The lowest BCUT2D eigenvalue weighted by Gasteiger charge is -2.06. The number of hydrogen-bond donors (Lipinski definition) is 0. The van der Waals surface area contributed by atoms with E-state index >= 15 is 0 Å². The van der Waals surface area contributed by atoms with Gasteiger partial charge in [0.15, 0.2) is 0 Å². The molecule has 0 saturated heterocycles. The first-order valence-corrected chi connectivity index (χ1v) is 10.6. The molecule has 6 heteroatoms. The molecule has 29 heavy (non-hydrogen) atoms. The molecule has 3 aromatic rings. The number of allylic oxidation sites excluding steroid dienone is 1. The van der Waals surface area contributed by atoms with Crippen molar-refractivity contribution < 1.29 is 17.4 Å². The quantitative estimate of drug-likeness (QED) is 0.439. The van der Waals surface area contributed by atoms with Crippen LogP contribution < -0.4 is 4.74 Å². The van der Waals surface area contributed by atoms with Gasteiger partial charge < -0.3 is 4.74 Å². The minimum absolute atomic E-state index is 0.0668. The summed E-state index contributed by atoms with van der Waals surface area (Å²) >= 11 is 0. The predicted octanol–water partition coefficient (Wildman–Crippen LogP) is 5.23. The van der Waals surface area contributed by atoms with Crippen LogP contribution in [0.25, 0.3) is 10.8 Å².